The van der Waals surface area contributed by atoms with E-state index in [1.807, 2.05) is 30.6 Å². The van der Waals surface area contributed by atoms with Gasteiger partial charge < -0.3 is 20.1 Å². The summed E-state index contributed by atoms with van der Waals surface area (Å²) in [5.41, 5.74) is 3.99. The zero-order valence-electron chi connectivity index (χ0n) is 13.8. The Bertz CT molecular complexity index is 670. The number of ether oxygens (including phenoxy) is 2. The molecule has 2 N–H and O–H groups in total. The topological polar surface area (TPSA) is 67.8 Å². The van der Waals surface area contributed by atoms with E-state index in [0.717, 1.165) is 28.7 Å². The fourth-order valence-electron chi connectivity index (χ4n) is 2.06. The smallest absolute Gasteiger partial charge is 0.191 e. The Morgan fingerprint density at radius 2 is 1.91 bits per heavy atom. The highest BCUT2D eigenvalue weighted by Gasteiger charge is 2.06. The molecule has 2 rings (SSSR count). The molecule has 23 heavy (non-hydrogen) atoms. The molecule has 0 spiro atoms. The largest absolute Gasteiger partial charge is 0.493 e. The summed E-state index contributed by atoms with van der Waals surface area (Å²) in [6.45, 7) is 3.36. The van der Waals surface area contributed by atoms with Crippen molar-refractivity contribution in [1.82, 2.24) is 15.6 Å². The third-order valence-corrected chi connectivity index (χ3v) is 4.33. The molecule has 0 saturated carbocycles. The molecule has 0 bridgehead atoms. The Balaban J connectivity index is 1.91. The molecule has 0 radical (unpaired) electrons. The van der Waals surface area contributed by atoms with Gasteiger partial charge in [0.2, 0.25) is 0 Å². The quantitative estimate of drug-likeness (QED) is 0.627. The number of nitrogens with one attached hydrogen (secondary N) is 2. The lowest BCUT2D eigenvalue weighted by molar-refractivity contribution is 0.354. The van der Waals surface area contributed by atoms with E-state index in [1.165, 1.54) is 4.88 Å². The van der Waals surface area contributed by atoms with Crippen LogP contribution in [-0.4, -0.2) is 32.2 Å². The van der Waals surface area contributed by atoms with Crippen molar-refractivity contribution in [2.45, 2.75) is 20.0 Å². The average molecular weight is 334 g/mol. The molecular formula is C16H22N4O2S. The van der Waals surface area contributed by atoms with Gasteiger partial charge in [0.1, 0.15) is 0 Å². The summed E-state index contributed by atoms with van der Waals surface area (Å²) >= 11 is 1.64. The number of aliphatic imine (C=N–C) groups is 1. The summed E-state index contributed by atoms with van der Waals surface area (Å²) in [5, 5.41) is 6.57. The molecule has 0 unspecified atom stereocenters. The molecule has 6 nitrogen and oxygen atoms in total. The molecule has 0 amide bonds. The standard InChI is InChI=1S/C16H22N4O2S/c1-11-15(23-10-20-11)9-19-16(17-2)18-8-12-5-6-13(21-3)14(7-12)22-4/h5-7,10H,8-9H2,1-4H3,(H2,17,18,19). The molecule has 0 fully saturated rings. The van der Waals surface area contributed by atoms with Crippen LogP contribution in [0.25, 0.3) is 0 Å². The normalized spacial score (nSPS) is 11.2. The summed E-state index contributed by atoms with van der Waals surface area (Å²) < 4.78 is 10.6. The Morgan fingerprint density at radius 3 is 2.52 bits per heavy atom. The van der Waals surface area contributed by atoms with Crippen LogP contribution in [0.2, 0.25) is 0 Å². The summed E-state index contributed by atoms with van der Waals surface area (Å²) in [5.74, 6) is 2.18. The zero-order chi connectivity index (χ0) is 16.7. The molecule has 0 aliphatic rings. The minimum Gasteiger partial charge on any atom is -0.493 e. The molecule has 0 aliphatic carbocycles. The fraction of sp³-hybridized carbons (Fsp3) is 0.375. The van der Waals surface area contributed by atoms with Crippen LogP contribution < -0.4 is 20.1 Å². The number of guanidine groups is 1. The molecule has 0 aliphatic heterocycles. The second-order valence-corrected chi connectivity index (χ2v) is 5.77. The number of methoxy groups -OCH3 is 2. The van der Waals surface area contributed by atoms with Crippen molar-refractivity contribution in [1.29, 1.82) is 0 Å². The van der Waals surface area contributed by atoms with Gasteiger partial charge in [0, 0.05) is 18.5 Å². The molecule has 124 valence electrons. The molecule has 1 heterocycles. The molecule has 2 aromatic rings. The highest BCUT2D eigenvalue weighted by atomic mass is 32.1. The second kappa shape index (κ2) is 8.38. The van der Waals surface area contributed by atoms with Crippen LogP contribution in [-0.2, 0) is 13.1 Å². The maximum Gasteiger partial charge on any atom is 0.191 e. The van der Waals surface area contributed by atoms with Crippen LogP contribution in [0.15, 0.2) is 28.7 Å². The number of aryl methyl sites for hydroxylation is 1. The van der Waals surface area contributed by atoms with Crippen LogP contribution in [0.5, 0.6) is 11.5 Å². The van der Waals surface area contributed by atoms with Crippen LogP contribution in [0.1, 0.15) is 16.1 Å². The minimum absolute atomic E-state index is 0.641. The highest BCUT2D eigenvalue weighted by Crippen LogP contribution is 2.27. The van der Waals surface area contributed by atoms with Gasteiger partial charge in [-0.25, -0.2) is 4.98 Å². The fourth-order valence-corrected chi connectivity index (χ4v) is 2.77. The SMILES string of the molecule is CN=C(NCc1ccc(OC)c(OC)c1)NCc1scnc1C. The maximum atomic E-state index is 5.32. The van der Waals surface area contributed by atoms with Crippen molar-refractivity contribution in [3.63, 3.8) is 0 Å². The third kappa shape index (κ3) is 4.59. The molecule has 0 saturated heterocycles. The van der Waals surface area contributed by atoms with Crippen molar-refractivity contribution in [2.75, 3.05) is 21.3 Å². The lowest BCUT2D eigenvalue weighted by Gasteiger charge is -2.13. The first kappa shape index (κ1) is 17.1. The van der Waals surface area contributed by atoms with Gasteiger partial charge >= 0.3 is 0 Å². The highest BCUT2D eigenvalue weighted by molar-refractivity contribution is 7.09. The van der Waals surface area contributed by atoms with Gasteiger partial charge in [-0.3, -0.25) is 4.99 Å². The van der Waals surface area contributed by atoms with Crippen molar-refractivity contribution in [2.24, 2.45) is 4.99 Å². The number of hydrogen-bond donors (Lipinski definition) is 2. The number of rotatable bonds is 6. The third-order valence-electron chi connectivity index (χ3n) is 3.39. The molecular weight excluding hydrogens is 312 g/mol. The summed E-state index contributed by atoms with van der Waals surface area (Å²) in [6, 6.07) is 5.84. The molecule has 1 aromatic carbocycles. The summed E-state index contributed by atoms with van der Waals surface area (Å²) in [4.78, 5) is 9.68. The van der Waals surface area contributed by atoms with E-state index in [-0.39, 0.29) is 0 Å². The first-order valence-electron chi connectivity index (χ1n) is 7.22. The van der Waals surface area contributed by atoms with E-state index in [2.05, 4.69) is 20.6 Å². The van der Waals surface area contributed by atoms with Crippen molar-refractivity contribution >= 4 is 17.3 Å². The van der Waals surface area contributed by atoms with Gasteiger partial charge in [-0.05, 0) is 24.6 Å². The minimum atomic E-state index is 0.641. The molecule has 0 atom stereocenters. The van der Waals surface area contributed by atoms with Crippen molar-refractivity contribution in [3.05, 3.63) is 39.8 Å². The van der Waals surface area contributed by atoms with Gasteiger partial charge in [0.15, 0.2) is 17.5 Å². The van der Waals surface area contributed by atoms with Crippen LogP contribution in [0.3, 0.4) is 0 Å². The first-order valence-corrected chi connectivity index (χ1v) is 8.10. The number of thiazole rings is 1. The Hall–Kier alpha value is -2.28. The van der Waals surface area contributed by atoms with Crippen molar-refractivity contribution < 1.29 is 9.47 Å². The number of aromatic nitrogens is 1. The van der Waals surface area contributed by atoms with Crippen LogP contribution in [0, 0.1) is 6.92 Å². The molecule has 7 heteroatoms. The van der Waals surface area contributed by atoms with Gasteiger partial charge in [-0.15, -0.1) is 11.3 Å². The van der Waals surface area contributed by atoms with Crippen LogP contribution >= 0.6 is 11.3 Å². The Morgan fingerprint density at radius 1 is 1.17 bits per heavy atom. The van der Waals surface area contributed by atoms with E-state index in [1.54, 1.807) is 32.6 Å². The predicted octanol–water partition coefficient (Wildman–Crippen LogP) is 2.33. The van der Waals surface area contributed by atoms with Gasteiger partial charge in [0.25, 0.3) is 0 Å². The Kier molecular flexibility index (Phi) is 6.22. The van der Waals surface area contributed by atoms with Gasteiger partial charge in [-0.1, -0.05) is 6.07 Å². The van der Waals surface area contributed by atoms with Gasteiger partial charge in [-0.2, -0.15) is 0 Å². The lowest BCUT2D eigenvalue weighted by atomic mass is 10.2. The van der Waals surface area contributed by atoms with Gasteiger partial charge in [0.05, 0.1) is 32.0 Å². The summed E-state index contributed by atoms with van der Waals surface area (Å²) in [7, 11) is 5.01. The van der Waals surface area contributed by atoms with E-state index < -0.39 is 0 Å². The number of hydrogen-bond acceptors (Lipinski definition) is 5. The van der Waals surface area contributed by atoms with Crippen molar-refractivity contribution in [3.8, 4) is 11.5 Å². The average Bonchev–Trinajstić information content (AvgIpc) is 2.99. The molecule has 1 aromatic heterocycles. The summed E-state index contributed by atoms with van der Waals surface area (Å²) in [6.07, 6.45) is 0. The first-order chi connectivity index (χ1) is 11.2. The van der Waals surface area contributed by atoms with E-state index in [4.69, 9.17) is 9.47 Å². The van der Waals surface area contributed by atoms with E-state index in [9.17, 15) is 0 Å². The van der Waals surface area contributed by atoms with E-state index in [0.29, 0.717) is 13.1 Å². The number of nitrogens with zero attached hydrogens (tertiary/aromatic N) is 2. The second-order valence-electron chi connectivity index (χ2n) is 4.83. The lowest BCUT2D eigenvalue weighted by Crippen LogP contribution is -2.36. The Labute approximate surface area is 140 Å². The van der Waals surface area contributed by atoms with E-state index >= 15 is 0 Å². The number of benzene rings is 1. The monoisotopic (exact) mass is 334 g/mol. The van der Waals surface area contributed by atoms with Crippen LogP contribution in [0.4, 0.5) is 0 Å². The zero-order valence-corrected chi connectivity index (χ0v) is 14.7. The maximum absolute atomic E-state index is 5.32. The predicted molar refractivity (Wildman–Crippen MR) is 93.4 cm³/mol.